The van der Waals surface area contributed by atoms with Crippen LogP contribution in [0.25, 0.3) is 0 Å². The summed E-state index contributed by atoms with van der Waals surface area (Å²) in [7, 11) is 1.54. The summed E-state index contributed by atoms with van der Waals surface area (Å²) in [4.78, 5) is 11.6. The van der Waals surface area contributed by atoms with Gasteiger partial charge in [-0.15, -0.1) is 0 Å². The number of ether oxygens (including phenoxy) is 1. The molecule has 0 spiro atoms. The lowest BCUT2D eigenvalue weighted by Gasteiger charge is -2.10. The zero-order chi connectivity index (χ0) is 12.1. The number of hydrogen-bond donors (Lipinski definition) is 1. The number of methoxy groups -OCH3 is 1. The van der Waals surface area contributed by atoms with E-state index in [9.17, 15) is 9.90 Å². The first-order valence-corrected chi connectivity index (χ1v) is 5.49. The van der Waals surface area contributed by atoms with Gasteiger partial charge in [-0.2, -0.15) is 0 Å². The van der Waals surface area contributed by atoms with Crippen molar-refractivity contribution >= 4 is 17.4 Å². The summed E-state index contributed by atoms with van der Waals surface area (Å²) < 4.78 is 5.12. The third kappa shape index (κ3) is 3.22. The van der Waals surface area contributed by atoms with E-state index in [1.807, 2.05) is 0 Å². The van der Waals surface area contributed by atoms with Crippen molar-refractivity contribution in [3.05, 3.63) is 28.8 Å². The normalized spacial score (nSPS) is 12.2. The second kappa shape index (κ2) is 5.87. The van der Waals surface area contributed by atoms with Gasteiger partial charge in [0, 0.05) is 17.0 Å². The largest absolute Gasteiger partial charge is 0.496 e. The summed E-state index contributed by atoms with van der Waals surface area (Å²) in [6.45, 7) is 1.76. The van der Waals surface area contributed by atoms with Crippen molar-refractivity contribution in [2.45, 2.75) is 25.9 Å². The Balaban J connectivity index is 2.87. The van der Waals surface area contributed by atoms with E-state index >= 15 is 0 Å². The third-order valence-electron chi connectivity index (χ3n) is 2.37. The average molecular weight is 243 g/mol. The Morgan fingerprint density at radius 2 is 2.25 bits per heavy atom. The molecule has 3 nitrogen and oxygen atoms in total. The van der Waals surface area contributed by atoms with E-state index in [0.29, 0.717) is 22.8 Å². The Morgan fingerprint density at radius 1 is 1.56 bits per heavy atom. The quantitative estimate of drug-likeness (QED) is 0.861. The number of carbonyl (C=O) groups excluding carboxylic acids is 1. The number of carbonyl (C=O) groups is 1. The van der Waals surface area contributed by atoms with Crippen molar-refractivity contribution in [1.29, 1.82) is 0 Å². The van der Waals surface area contributed by atoms with Crippen LogP contribution in [0.2, 0.25) is 5.02 Å². The lowest BCUT2D eigenvalue weighted by Crippen LogP contribution is -2.21. The van der Waals surface area contributed by atoms with E-state index in [2.05, 4.69) is 0 Å². The van der Waals surface area contributed by atoms with Gasteiger partial charge in [0.05, 0.1) is 7.11 Å². The molecule has 0 bridgehead atoms. The molecule has 0 aromatic heterocycles. The van der Waals surface area contributed by atoms with Gasteiger partial charge in [0.1, 0.15) is 11.9 Å². The van der Waals surface area contributed by atoms with Crippen LogP contribution in [0.3, 0.4) is 0 Å². The predicted octanol–water partition coefficient (Wildman–Crippen LogP) is 2.23. The molecule has 0 fully saturated rings. The topological polar surface area (TPSA) is 46.5 Å². The minimum atomic E-state index is -0.913. The van der Waals surface area contributed by atoms with Crippen LogP contribution >= 0.6 is 11.6 Å². The number of halogens is 1. The molecule has 0 radical (unpaired) electrons. The first kappa shape index (κ1) is 13.0. The van der Waals surface area contributed by atoms with Crippen molar-refractivity contribution in [2.75, 3.05) is 7.11 Å². The molecule has 0 aliphatic heterocycles. The molecule has 1 aromatic carbocycles. The van der Waals surface area contributed by atoms with Crippen molar-refractivity contribution < 1.29 is 14.6 Å². The van der Waals surface area contributed by atoms with Gasteiger partial charge in [-0.25, -0.2) is 0 Å². The van der Waals surface area contributed by atoms with Crippen molar-refractivity contribution in [1.82, 2.24) is 0 Å². The average Bonchev–Trinajstić information content (AvgIpc) is 2.28. The van der Waals surface area contributed by atoms with Crippen LogP contribution in [0.15, 0.2) is 18.2 Å². The molecule has 1 N–H and O–H groups in total. The summed E-state index contributed by atoms with van der Waals surface area (Å²) >= 11 is 5.84. The number of Topliss-reactive ketones (excluding diaryl/α,β-unsaturated/α-hetero) is 1. The Bertz CT molecular complexity index is 377. The Hall–Kier alpha value is -1.06. The van der Waals surface area contributed by atoms with Crippen LogP contribution in [0.1, 0.15) is 18.9 Å². The van der Waals surface area contributed by atoms with Crippen LogP contribution in [0, 0.1) is 0 Å². The second-order valence-corrected chi connectivity index (χ2v) is 3.96. The molecule has 1 atom stereocenters. The summed E-state index contributed by atoms with van der Waals surface area (Å²) in [5, 5.41) is 9.95. The Kier molecular flexibility index (Phi) is 4.77. The second-order valence-electron chi connectivity index (χ2n) is 3.52. The van der Waals surface area contributed by atoms with Crippen LogP contribution < -0.4 is 4.74 Å². The van der Waals surface area contributed by atoms with Gasteiger partial charge in [-0.1, -0.05) is 18.5 Å². The van der Waals surface area contributed by atoms with E-state index in [0.717, 1.165) is 0 Å². The van der Waals surface area contributed by atoms with Gasteiger partial charge >= 0.3 is 0 Å². The van der Waals surface area contributed by atoms with Gasteiger partial charge < -0.3 is 9.84 Å². The monoisotopic (exact) mass is 242 g/mol. The van der Waals surface area contributed by atoms with Crippen LogP contribution in [0.5, 0.6) is 5.75 Å². The van der Waals surface area contributed by atoms with Gasteiger partial charge in [-0.05, 0) is 24.6 Å². The van der Waals surface area contributed by atoms with Crippen LogP contribution in [-0.4, -0.2) is 24.1 Å². The maximum absolute atomic E-state index is 11.6. The molecular formula is C12H15ClO3. The summed E-state index contributed by atoms with van der Waals surface area (Å²) in [5.74, 6) is 0.393. The first-order chi connectivity index (χ1) is 7.58. The molecule has 0 aliphatic rings. The molecule has 0 heterocycles. The molecular weight excluding hydrogens is 228 g/mol. The standard InChI is InChI=1S/C12H15ClO3/c1-3-10(14)11(15)7-8-6-9(13)4-5-12(8)16-2/h4-6,10,14H,3,7H2,1-2H3. The van der Waals surface area contributed by atoms with Gasteiger partial charge in [0.25, 0.3) is 0 Å². The fourth-order valence-corrected chi connectivity index (χ4v) is 1.61. The minimum absolute atomic E-state index is 0.138. The van der Waals surface area contributed by atoms with Gasteiger partial charge in [-0.3, -0.25) is 4.79 Å². The fourth-order valence-electron chi connectivity index (χ4n) is 1.42. The molecule has 1 rings (SSSR count). The maximum Gasteiger partial charge on any atom is 0.165 e. The molecule has 0 saturated heterocycles. The van der Waals surface area contributed by atoms with Crippen molar-refractivity contribution in [3.8, 4) is 5.75 Å². The summed E-state index contributed by atoms with van der Waals surface area (Å²) in [6.07, 6.45) is -0.357. The highest BCUT2D eigenvalue weighted by Crippen LogP contribution is 2.23. The zero-order valence-electron chi connectivity index (χ0n) is 9.37. The Morgan fingerprint density at radius 3 is 2.81 bits per heavy atom. The van der Waals surface area contributed by atoms with E-state index in [-0.39, 0.29) is 12.2 Å². The Labute approximate surface area is 100.0 Å². The lowest BCUT2D eigenvalue weighted by molar-refractivity contribution is -0.126. The van der Waals surface area contributed by atoms with E-state index in [1.165, 1.54) is 7.11 Å². The molecule has 1 aromatic rings. The molecule has 0 amide bonds. The number of benzene rings is 1. The third-order valence-corrected chi connectivity index (χ3v) is 2.60. The predicted molar refractivity (Wildman–Crippen MR) is 63.0 cm³/mol. The number of ketones is 1. The summed E-state index contributed by atoms with van der Waals surface area (Å²) in [5.41, 5.74) is 0.701. The molecule has 0 saturated carbocycles. The first-order valence-electron chi connectivity index (χ1n) is 5.11. The van der Waals surface area contributed by atoms with Crippen molar-refractivity contribution in [3.63, 3.8) is 0 Å². The number of rotatable bonds is 5. The number of aliphatic hydroxyl groups excluding tert-OH is 1. The highest BCUT2D eigenvalue weighted by molar-refractivity contribution is 6.30. The molecule has 88 valence electrons. The molecule has 16 heavy (non-hydrogen) atoms. The highest BCUT2D eigenvalue weighted by atomic mass is 35.5. The van der Waals surface area contributed by atoms with Gasteiger partial charge in [0.15, 0.2) is 5.78 Å². The minimum Gasteiger partial charge on any atom is -0.496 e. The molecule has 4 heteroatoms. The number of hydrogen-bond acceptors (Lipinski definition) is 3. The molecule has 1 unspecified atom stereocenters. The zero-order valence-corrected chi connectivity index (χ0v) is 10.1. The lowest BCUT2D eigenvalue weighted by atomic mass is 10.0. The fraction of sp³-hybridized carbons (Fsp3) is 0.417. The molecule has 0 aliphatic carbocycles. The van der Waals surface area contributed by atoms with Gasteiger partial charge in [0.2, 0.25) is 0 Å². The van der Waals surface area contributed by atoms with E-state index in [1.54, 1.807) is 25.1 Å². The highest BCUT2D eigenvalue weighted by Gasteiger charge is 2.15. The maximum atomic E-state index is 11.6. The van der Waals surface area contributed by atoms with Crippen molar-refractivity contribution in [2.24, 2.45) is 0 Å². The van der Waals surface area contributed by atoms with Crippen LogP contribution in [-0.2, 0) is 11.2 Å². The van der Waals surface area contributed by atoms with Crippen LogP contribution in [0.4, 0.5) is 0 Å². The van der Waals surface area contributed by atoms with E-state index in [4.69, 9.17) is 16.3 Å². The SMILES string of the molecule is CCC(O)C(=O)Cc1cc(Cl)ccc1OC. The number of aliphatic hydroxyl groups is 1. The summed E-state index contributed by atoms with van der Waals surface area (Å²) in [6, 6.07) is 5.09. The van der Waals surface area contributed by atoms with E-state index < -0.39 is 6.10 Å². The smallest absolute Gasteiger partial charge is 0.165 e.